The quantitative estimate of drug-likeness (QED) is 0.756. The molecule has 19 heavy (non-hydrogen) atoms. The maximum absolute atomic E-state index is 12.6. The van der Waals surface area contributed by atoms with E-state index in [1.165, 1.54) is 12.1 Å². The number of anilines is 1. The first-order chi connectivity index (χ1) is 8.75. The number of aliphatic hydroxyl groups is 1. The Kier molecular flexibility index (Phi) is 4.34. The molecule has 1 amide bonds. The predicted molar refractivity (Wildman–Crippen MR) is 59.8 cm³/mol. The van der Waals surface area contributed by atoms with Gasteiger partial charge in [-0.2, -0.15) is 18.4 Å². The lowest BCUT2D eigenvalue weighted by Crippen LogP contribution is -2.34. The lowest BCUT2D eigenvalue weighted by Gasteiger charge is -2.13. The van der Waals surface area contributed by atoms with Gasteiger partial charge in [-0.05, 0) is 18.2 Å². The largest absolute Gasteiger partial charge is 0.417 e. The standard InChI is InChI=1S/C11H10F3N3O2/c12-11(13,14)8-3-7(2-1-6(8)4-15)17-5-9(18)10(16)19/h1-3,9,17-18H,5H2,(H2,16,19). The number of nitrogens with one attached hydrogen (secondary N) is 1. The molecule has 0 spiro atoms. The molecule has 1 atom stereocenters. The third-order valence-corrected chi connectivity index (χ3v) is 2.27. The van der Waals surface area contributed by atoms with Gasteiger partial charge in [0.05, 0.1) is 17.2 Å². The maximum Gasteiger partial charge on any atom is 0.417 e. The molecule has 1 unspecified atom stereocenters. The zero-order chi connectivity index (χ0) is 14.6. The van der Waals surface area contributed by atoms with Crippen molar-refractivity contribution in [1.29, 1.82) is 5.26 Å². The molecule has 0 heterocycles. The fraction of sp³-hybridized carbons (Fsp3) is 0.273. The molecule has 1 rings (SSSR count). The van der Waals surface area contributed by atoms with Gasteiger partial charge in [-0.3, -0.25) is 4.79 Å². The van der Waals surface area contributed by atoms with Gasteiger partial charge in [-0.25, -0.2) is 0 Å². The van der Waals surface area contributed by atoms with Crippen LogP contribution in [-0.4, -0.2) is 23.7 Å². The minimum Gasteiger partial charge on any atom is -0.382 e. The number of nitriles is 1. The summed E-state index contributed by atoms with van der Waals surface area (Å²) >= 11 is 0. The number of hydrogen-bond acceptors (Lipinski definition) is 4. The van der Waals surface area contributed by atoms with Crippen molar-refractivity contribution in [2.24, 2.45) is 5.73 Å². The third-order valence-electron chi connectivity index (χ3n) is 2.27. The molecular weight excluding hydrogens is 263 g/mol. The Hall–Kier alpha value is -2.27. The Bertz CT molecular complexity index is 523. The van der Waals surface area contributed by atoms with Crippen LogP contribution in [-0.2, 0) is 11.0 Å². The normalized spacial score (nSPS) is 12.6. The topological polar surface area (TPSA) is 99.1 Å². The van der Waals surface area contributed by atoms with Crippen LogP contribution in [0.5, 0.6) is 0 Å². The van der Waals surface area contributed by atoms with Crippen molar-refractivity contribution in [1.82, 2.24) is 0 Å². The van der Waals surface area contributed by atoms with Crippen molar-refractivity contribution in [2.75, 3.05) is 11.9 Å². The smallest absolute Gasteiger partial charge is 0.382 e. The van der Waals surface area contributed by atoms with E-state index < -0.39 is 29.3 Å². The second-order valence-electron chi connectivity index (χ2n) is 3.67. The number of hydrogen-bond donors (Lipinski definition) is 3. The average molecular weight is 273 g/mol. The van der Waals surface area contributed by atoms with Gasteiger partial charge in [-0.1, -0.05) is 0 Å². The number of nitrogens with two attached hydrogens (primary N) is 1. The highest BCUT2D eigenvalue weighted by Gasteiger charge is 2.33. The molecule has 4 N–H and O–H groups in total. The number of carbonyl (C=O) groups excluding carboxylic acids is 1. The molecule has 5 nitrogen and oxygen atoms in total. The van der Waals surface area contributed by atoms with Gasteiger partial charge in [-0.15, -0.1) is 0 Å². The van der Waals surface area contributed by atoms with Crippen LogP contribution in [0.2, 0.25) is 0 Å². The number of rotatable bonds is 4. The Morgan fingerprint density at radius 1 is 1.53 bits per heavy atom. The molecule has 1 aromatic rings. The highest BCUT2D eigenvalue weighted by Crippen LogP contribution is 2.33. The number of benzene rings is 1. The molecule has 102 valence electrons. The monoisotopic (exact) mass is 273 g/mol. The molecule has 0 bridgehead atoms. The molecule has 1 aromatic carbocycles. The first kappa shape index (κ1) is 14.8. The predicted octanol–water partition coefficient (Wildman–Crippen LogP) is 0.835. The van der Waals surface area contributed by atoms with Gasteiger partial charge in [0.2, 0.25) is 5.91 Å². The summed E-state index contributed by atoms with van der Waals surface area (Å²) in [7, 11) is 0. The van der Waals surface area contributed by atoms with Crippen LogP contribution in [0.4, 0.5) is 18.9 Å². The van der Waals surface area contributed by atoms with Crippen molar-refractivity contribution < 1.29 is 23.1 Å². The second kappa shape index (κ2) is 5.58. The summed E-state index contributed by atoms with van der Waals surface area (Å²) in [5.74, 6) is -0.989. The molecule has 0 aliphatic heterocycles. The minimum atomic E-state index is -4.66. The molecule has 8 heteroatoms. The molecule has 0 fully saturated rings. The number of nitrogens with zero attached hydrogens (tertiary/aromatic N) is 1. The van der Waals surface area contributed by atoms with Crippen molar-refractivity contribution in [3.63, 3.8) is 0 Å². The molecule has 0 radical (unpaired) electrons. The van der Waals surface area contributed by atoms with Crippen LogP contribution in [0.15, 0.2) is 18.2 Å². The number of carbonyl (C=O) groups is 1. The number of alkyl halides is 3. The van der Waals surface area contributed by atoms with E-state index >= 15 is 0 Å². The maximum atomic E-state index is 12.6. The van der Waals surface area contributed by atoms with Crippen LogP contribution in [0, 0.1) is 11.3 Å². The number of aliphatic hydroxyl groups excluding tert-OH is 1. The number of halogens is 3. The van der Waals surface area contributed by atoms with E-state index in [0.717, 1.165) is 12.1 Å². The van der Waals surface area contributed by atoms with Crippen LogP contribution >= 0.6 is 0 Å². The van der Waals surface area contributed by atoms with E-state index in [1.807, 2.05) is 0 Å². The molecular formula is C11H10F3N3O2. The van der Waals surface area contributed by atoms with Crippen molar-refractivity contribution in [2.45, 2.75) is 12.3 Å². The van der Waals surface area contributed by atoms with Gasteiger partial charge < -0.3 is 16.2 Å². The molecule has 0 saturated heterocycles. The van der Waals surface area contributed by atoms with E-state index in [2.05, 4.69) is 5.32 Å². The average Bonchev–Trinajstić information content (AvgIpc) is 2.34. The van der Waals surface area contributed by atoms with Gasteiger partial charge in [0, 0.05) is 12.2 Å². The SMILES string of the molecule is N#Cc1ccc(NCC(O)C(N)=O)cc1C(F)(F)F. The Morgan fingerprint density at radius 3 is 2.63 bits per heavy atom. The van der Waals surface area contributed by atoms with Crippen LogP contribution in [0.25, 0.3) is 0 Å². The zero-order valence-electron chi connectivity index (χ0n) is 9.53. The first-order valence-corrected chi connectivity index (χ1v) is 5.08. The van der Waals surface area contributed by atoms with Crippen molar-refractivity contribution in [3.05, 3.63) is 29.3 Å². The van der Waals surface area contributed by atoms with Gasteiger partial charge >= 0.3 is 6.18 Å². The van der Waals surface area contributed by atoms with E-state index in [9.17, 15) is 18.0 Å². The summed E-state index contributed by atoms with van der Waals surface area (Å²) in [6.45, 7) is -0.321. The molecule has 0 saturated carbocycles. The van der Waals surface area contributed by atoms with E-state index in [4.69, 9.17) is 16.1 Å². The summed E-state index contributed by atoms with van der Waals surface area (Å²) in [5.41, 5.74) is 3.22. The fourth-order valence-electron chi connectivity index (χ4n) is 1.30. The van der Waals surface area contributed by atoms with Crippen LogP contribution in [0.1, 0.15) is 11.1 Å². The summed E-state index contributed by atoms with van der Waals surface area (Å²) in [5, 5.41) is 20.1. The fourth-order valence-corrected chi connectivity index (χ4v) is 1.30. The Labute approximate surface area is 106 Å². The summed E-state index contributed by atoms with van der Waals surface area (Å²) < 4.78 is 37.9. The van der Waals surface area contributed by atoms with Crippen LogP contribution < -0.4 is 11.1 Å². The molecule has 0 aliphatic rings. The number of primary amides is 1. The van der Waals surface area contributed by atoms with E-state index in [1.54, 1.807) is 0 Å². The highest BCUT2D eigenvalue weighted by molar-refractivity contribution is 5.79. The van der Waals surface area contributed by atoms with E-state index in [-0.39, 0.29) is 12.2 Å². The summed E-state index contributed by atoms with van der Waals surface area (Å²) in [6.07, 6.45) is -6.17. The van der Waals surface area contributed by atoms with Gasteiger partial charge in [0.1, 0.15) is 6.10 Å². The number of amides is 1. The lowest BCUT2D eigenvalue weighted by atomic mass is 10.1. The van der Waals surface area contributed by atoms with Gasteiger partial charge in [0.15, 0.2) is 0 Å². The Morgan fingerprint density at radius 2 is 2.16 bits per heavy atom. The minimum absolute atomic E-state index is 0.0200. The first-order valence-electron chi connectivity index (χ1n) is 5.08. The zero-order valence-corrected chi connectivity index (χ0v) is 9.53. The lowest BCUT2D eigenvalue weighted by molar-refractivity contribution is -0.137. The van der Waals surface area contributed by atoms with E-state index in [0.29, 0.717) is 0 Å². The highest BCUT2D eigenvalue weighted by atomic mass is 19.4. The van der Waals surface area contributed by atoms with Crippen molar-refractivity contribution in [3.8, 4) is 6.07 Å². The van der Waals surface area contributed by atoms with Crippen molar-refractivity contribution >= 4 is 11.6 Å². The summed E-state index contributed by atoms with van der Waals surface area (Å²) in [6, 6.07) is 4.41. The third kappa shape index (κ3) is 3.86. The molecule has 0 aromatic heterocycles. The van der Waals surface area contributed by atoms with Gasteiger partial charge in [0.25, 0.3) is 0 Å². The summed E-state index contributed by atoms with van der Waals surface area (Å²) in [4.78, 5) is 10.6. The Balaban J connectivity index is 2.94. The molecule has 0 aliphatic carbocycles. The second-order valence-corrected chi connectivity index (χ2v) is 3.67. The van der Waals surface area contributed by atoms with Crippen LogP contribution in [0.3, 0.4) is 0 Å².